The van der Waals surface area contributed by atoms with E-state index in [0.29, 0.717) is 10.8 Å². The van der Waals surface area contributed by atoms with Crippen LogP contribution in [0.3, 0.4) is 0 Å². The number of hydrogen-bond acceptors (Lipinski definition) is 4. The minimum absolute atomic E-state index is 0.318. The van der Waals surface area contributed by atoms with Crippen LogP contribution in [0, 0.1) is 5.41 Å². The van der Waals surface area contributed by atoms with Crippen molar-refractivity contribution in [2.45, 2.75) is 13.2 Å². The Hall–Kier alpha value is -2.02. The highest BCUT2D eigenvalue weighted by Gasteiger charge is 2.41. The minimum Gasteiger partial charge on any atom is -0.461 e. The van der Waals surface area contributed by atoms with Gasteiger partial charge >= 0.3 is 0 Å². The van der Waals surface area contributed by atoms with Crippen LogP contribution in [0.25, 0.3) is 0 Å². The van der Waals surface area contributed by atoms with Crippen LogP contribution < -0.4 is 4.74 Å². The number of halogens is 3. The summed E-state index contributed by atoms with van der Waals surface area (Å²) in [5.41, 5.74) is -1.80. The molecule has 1 aromatic heterocycles. The van der Waals surface area contributed by atoms with Crippen molar-refractivity contribution in [2.24, 2.45) is 5.41 Å². The number of aromatic nitrogens is 3. The molecular formula is C14H14ClF2N3O2. The lowest BCUT2D eigenvalue weighted by Gasteiger charge is -2.27. The highest BCUT2D eigenvalue weighted by atomic mass is 35.5. The predicted molar refractivity (Wildman–Crippen MR) is 76.2 cm³/mol. The molecule has 0 amide bonds. The average Bonchev–Trinajstić information content (AvgIpc) is 3.07. The molecule has 1 unspecified atom stereocenters. The first kappa shape index (κ1) is 16.4. The number of hydrogen-bond donors (Lipinski definition) is 0. The van der Waals surface area contributed by atoms with Crippen molar-refractivity contribution in [1.29, 1.82) is 0 Å². The lowest BCUT2D eigenvalue weighted by Crippen LogP contribution is -2.41. The fourth-order valence-corrected chi connectivity index (χ4v) is 1.80. The molecule has 0 aliphatic rings. The third kappa shape index (κ3) is 3.41. The Balaban J connectivity index is 2.31. The van der Waals surface area contributed by atoms with Crippen molar-refractivity contribution in [3.8, 4) is 5.75 Å². The van der Waals surface area contributed by atoms with Crippen molar-refractivity contribution in [1.82, 2.24) is 14.8 Å². The lowest BCUT2D eigenvalue weighted by molar-refractivity contribution is -0.142. The van der Waals surface area contributed by atoms with Gasteiger partial charge in [0.05, 0.1) is 5.41 Å². The van der Waals surface area contributed by atoms with Gasteiger partial charge in [-0.05, 0) is 31.2 Å². The van der Waals surface area contributed by atoms with Crippen LogP contribution in [0.15, 0.2) is 36.9 Å². The highest BCUT2D eigenvalue weighted by molar-refractivity contribution is 6.30. The Bertz CT molecular complexity index is 616. The van der Waals surface area contributed by atoms with Crippen LogP contribution in [-0.2, 0) is 4.79 Å². The first-order chi connectivity index (χ1) is 10.5. The van der Waals surface area contributed by atoms with Crippen molar-refractivity contribution in [2.75, 3.05) is 13.3 Å². The van der Waals surface area contributed by atoms with Crippen molar-refractivity contribution in [3.05, 3.63) is 41.9 Å². The average molecular weight is 330 g/mol. The summed E-state index contributed by atoms with van der Waals surface area (Å²) in [5.74, 6) is -0.448. The molecule has 0 aliphatic carbocycles. The van der Waals surface area contributed by atoms with Gasteiger partial charge in [-0.15, -0.1) is 0 Å². The van der Waals surface area contributed by atoms with Gasteiger partial charge < -0.3 is 4.74 Å². The summed E-state index contributed by atoms with van der Waals surface area (Å²) in [6.07, 6.45) is 1.13. The van der Waals surface area contributed by atoms with Crippen LogP contribution in [0.4, 0.5) is 8.78 Å². The van der Waals surface area contributed by atoms with Gasteiger partial charge in [-0.2, -0.15) is 5.10 Å². The number of rotatable bonds is 7. The zero-order chi connectivity index (χ0) is 16.2. The Morgan fingerprint density at radius 3 is 2.50 bits per heavy atom. The smallest absolute Gasteiger partial charge is 0.252 e. The number of benzene rings is 1. The normalized spacial score (nSPS) is 12.9. The summed E-state index contributed by atoms with van der Waals surface area (Å²) in [6.45, 7) is -1.08. The highest BCUT2D eigenvalue weighted by Crippen LogP contribution is 2.28. The van der Waals surface area contributed by atoms with E-state index in [2.05, 4.69) is 10.1 Å². The minimum atomic E-state index is -1.80. The summed E-state index contributed by atoms with van der Waals surface area (Å²) in [4.78, 5) is 16.2. The molecule has 0 N–H and O–H groups in total. The molecule has 2 aromatic rings. The topological polar surface area (TPSA) is 57.0 Å². The molecule has 0 saturated carbocycles. The Morgan fingerprint density at radius 2 is 2.00 bits per heavy atom. The van der Waals surface area contributed by atoms with Crippen molar-refractivity contribution in [3.63, 3.8) is 0 Å². The number of nitrogens with zero attached hydrogens (tertiary/aromatic N) is 3. The number of Topliss-reactive ketones (excluding diaryl/α,β-unsaturated/α-hetero) is 1. The SMILES string of the molecule is CC(CF)(CF)C(=O)C(Oc1ccc(Cl)cc1)n1cncn1. The molecular weight excluding hydrogens is 316 g/mol. The van der Waals surface area contributed by atoms with Crippen LogP contribution in [0.2, 0.25) is 5.02 Å². The Labute approximate surface area is 130 Å². The fourth-order valence-electron chi connectivity index (χ4n) is 1.67. The maximum atomic E-state index is 13.1. The molecule has 0 saturated heterocycles. The van der Waals surface area contributed by atoms with Gasteiger partial charge in [-0.1, -0.05) is 11.6 Å². The molecule has 118 valence electrons. The number of ether oxygens (including phenoxy) is 1. The third-order valence-corrected chi connectivity index (χ3v) is 3.40. The summed E-state index contributed by atoms with van der Waals surface area (Å²) in [5, 5.41) is 4.32. The van der Waals surface area contributed by atoms with Crippen molar-refractivity contribution >= 4 is 17.4 Å². The van der Waals surface area contributed by atoms with Gasteiger partial charge in [0.2, 0.25) is 5.78 Å². The van der Waals surface area contributed by atoms with Gasteiger partial charge in [0, 0.05) is 5.02 Å². The zero-order valence-corrected chi connectivity index (χ0v) is 12.5. The molecule has 22 heavy (non-hydrogen) atoms. The van der Waals surface area contributed by atoms with E-state index in [-0.39, 0.29) is 0 Å². The van der Waals surface area contributed by atoms with Crippen LogP contribution >= 0.6 is 11.6 Å². The van der Waals surface area contributed by atoms with Gasteiger partial charge in [0.15, 0.2) is 0 Å². The number of ketones is 1. The molecule has 0 fully saturated rings. The number of alkyl halides is 2. The van der Waals surface area contributed by atoms with Gasteiger partial charge in [0.1, 0.15) is 31.8 Å². The van der Waals surface area contributed by atoms with E-state index < -0.39 is 30.8 Å². The van der Waals surface area contributed by atoms with Crippen molar-refractivity contribution < 1.29 is 18.3 Å². The van der Waals surface area contributed by atoms with Crippen LogP contribution in [-0.4, -0.2) is 33.9 Å². The summed E-state index contributed by atoms with van der Waals surface area (Å²) >= 11 is 5.78. The molecule has 0 bridgehead atoms. The van der Waals surface area contributed by atoms with E-state index in [1.807, 2.05) is 0 Å². The van der Waals surface area contributed by atoms with E-state index in [9.17, 15) is 13.6 Å². The third-order valence-electron chi connectivity index (χ3n) is 3.15. The van der Waals surface area contributed by atoms with E-state index >= 15 is 0 Å². The van der Waals surface area contributed by atoms with Gasteiger partial charge in [-0.25, -0.2) is 18.4 Å². The van der Waals surface area contributed by atoms with Gasteiger partial charge in [0.25, 0.3) is 6.23 Å². The second-order valence-corrected chi connectivity index (χ2v) is 5.43. The maximum Gasteiger partial charge on any atom is 0.252 e. The van der Waals surface area contributed by atoms with Crippen LogP contribution in [0.1, 0.15) is 13.2 Å². The first-order valence-corrected chi connectivity index (χ1v) is 6.80. The quantitative estimate of drug-likeness (QED) is 0.783. The zero-order valence-electron chi connectivity index (χ0n) is 11.7. The Morgan fingerprint density at radius 1 is 1.36 bits per heavy atom. The number of carbonyl (C=O) groups excluding carboxylic acids is 1. The molecule has 8 heteroatoms. The molecule has 0 aliphatic heterocycles. The van der Waals surface area contributed by atoms with E-state index in [4.69, 9.17) is 16.3 Å². The molecule has 1 heterocycles. The lowest BCUT2D eigenvalue weighted by atomic mass is 9.87. The maximum absolute atomic E-state index is 13.1. The summed E-state index contributed by atoms with van der Waals surface area (Å²) in [7, 11) is 0. The second-order valence-electron chi connectivity index (χ2n) is 4.99. The molecule has 0 radical (unpaired) electrons. The fraction of sp³-hybridized carbons (Fsp3) is 0.357. The molecule has 1 atom stereocenters. The molecule has 1 aromatic carbocycles. The first-order valence-electron chi connectivity index (χ1n) is 6.43. The summed E-state index contributed by atoms with van der Waals surface area (Å²) < 4.78 is 32.9. The molecule has 2 rings (SSSR count). The molecule has 0 spiro atoms. The largest absolute Gasteiger partial charge is 0.461 e. The van der Waals surface area contributed by atoms with Crippen LogP contribution in [0.5, 0.6) is 5.75 Å². The van der Waals surface area contributed by atoms with E-state index in [1.165, 1.54) is 19.6 Å². The van der Waals surface area contributed by atoms with E-state index in [1.54, 1.807) is 24.3 Å². The predicted octanol–water partition coefficient (Wildman–Crippen LogP) is 3.02. The standard InChI is InChI=1S/C14H14ClF2N3O2/c1-14(6-16,7-17)12(21)13(20-9-18-8-19-20)22-11-4-2-10(15)3-5-11/h2-5,8-9,13H,6-7H2,1H3. The second kappa shape index (κ2) is 6.83. The number of carbonyl (C=O) groups is 1. The summed E-state index contributed by atoms with van der Waals surface area (Å²) in [6, 6.07) is 6.23. The van der Waals surface area contributed by atoms with E-state index in [0.717, 1.165) is 4.68 Å². The van der Waals surface area contributed by atoms with Gasteiger partial charge in [-0.3, -0.25) is 4.79 Å². The monoisotopic (exact) mass is 329 g/mol. The molecule has 5 nitrogen and oxygen atoms in total. The Kier molecular flexibility index (Phi) is 5.07.